The minimum absolute atomic E-state index is 0.0104. The SMILES string of the molecule is CC(C)NC(=O)Nc1ccccc1NC(=O)c1n[nH]c(C(C)C)c1Br. The van der Waals surface area contributed by atoms with E-state index in [0.29, 0.717) is 15.8 Å². The summed E-state index contributed by atoms with van der Waals surface area (Å²) in [5.74, 6) is -0.161. The molecule has 1 aromatic carbocycles. The Morgan fingerprint density at radius 2 is 1.68 bits per heavy atom. The number of amides is 3. The first-order chi connectivity index (χ1) is 11.8. The quantitative estimate of drug-likeness (QED) is 0.600. The summed E-state index contributed by atoms with van der Waals surface area (Å²) in [5.41, 5.74) is 2.12. The molecule has 1 aromatic heterocycles. The van der Waals surface area contributed by atoms with E-state index < -0.39 is 0 Å². The van der Waals surface area contributed by atoms with Crippen molar-refractivity contribution in [2.24, 2.45) is 0 Å². The fraction of sp³-hybridized carbons (Fsp3) is 0.353. The van der Waals surface area contributed by atoms with E-state index in [4.69, 9.17) is 0 Å². The first kappa shape index (κ1) is 19.0. The number of hydrogen-bond donors (Lipinski definition) is 4. The van der Waals surface area contributed by atoms with Gasteiger partial charge in [-0.2, -0.15) is 5.10 Å². The Morgan fingerprint density at radius 1 is 1.08 bits per heavy atom. The third-order valence-electron chi connectivity index (χ3n) is 3.37. The highest BCUT2D eigenvalue weighted by Gasteiger charge is 2.20. The largest absolute Gasteiger partial charge is 0.336 e. The highest BCUT2D eigenvalue weighted by Crippen LogP contribution is 2.27. The van der Waals surface area contributed by atoms with E-state index in [0.717, 1.165) is 5.69 Å². The van der Waals surface area contributed by atoms with Gasteiger partial charge in [-0.1, -0.05) is 26.0 Å². The number of aromatic amines is 1. The number of anilines is 2. The fourth-order valence-electron chi connectivity index (χ4n) is 2.18. The second kappa shape index (κ2) is 8.15. The number of nitrogens with one attached hydrogen (secondary N) is 4. The van der Waals surface area contributed by atoms with Gasteiger partial charge in [-0.15, -0.1) is 0 Å². The number of hydrogen-bond acceptors (Lipinski definition) is 3. The molecule has 0 aliphatic heterocycles. The maximum atomic E-state index is 12.5. The highest BCUT2D eigenvalue weighted by atomic mass is 79.9. The predicted molar refractivity (Wildman–Crippen MR) is 102 cm³/mol. The average Bonchev–Trinajstić information content (AvgIpc) is 2.90. The number of carbonyl (C=O) groups is 2. The number of para-hydroxylation sites is 2. The molecule has 0 unspecified atom stereocenters. The Balaban J connectivity index is 2.17. The van der Waals surface area contributed by atoms with E-state index in [1.54, 1.807) is 24.3 Å². The van der Waals surface area contributed by atoms with Crippen LogP contribution in [0.1, 0.15) is 49.8 Å². The molecule has 4 N–H and O–H groups in total. The van der Waals surface area contributed by atoms with E-state index in [9.17, 15) is 9.59 Å². The molecule has 0 fully saturated rings. The molecule has 134 valence electrons. The van der Waals surface area contributed by atoms with E-state index in [1.807, 2.05) is 27.7 Å². The number of urea groups is 1. The van der Waals surface area contributed by atoms with Crippen LogP contribution in [0.3, 0.4) is 0 Å². The Bertz CT molecular complexity index is 770. The summed E-state index contributed by atoms with van der Waals surface area (Å²) in [4.78, 5) is 24.4. The second-order valence-corrected chi connectivity index (χ2v) is 7.00. The topological polar surface area (TPSA) is 98.9 Å². The zero-order valence-corrected chi connectivity index (χ0v) is 16.2. The molecule has 0 spiro atoms. The van der Waals surface area contributed by atoms with Crippen molar-refractivity contribution in [3.63, 3.8) is 0 Å². The summed E-state index contributed by atoms with van der Waals surface area (Å²) < 4.78 is 0.642. The lowest BCUT2D eigenvalue weighted by molar-refractivity contribution is 0.102. The van der Waals surface area contributed by atoms with Gasteiger partial charge in [-0.3, -0.25) is 9.89 Å². The molecular formula is C17H22BrN5O2. The molecule has 0 atom stereocenters. The van der Waals surface area contributed by atoms with Gasteiger partial charge in [0.05, 0.1) is 21.5 Å². The Morgan fingerprint density at radius 3 is 2.20 bits per heavy atom. The van der Waals surface area contributed by atoms with Gasteiger partial charge < -0.3 is 16.0 Å². The van der Waals surface area contributed by atoms with Gasteiger partial charge in [0.25, 0.3) is 5.91 Å². The lowest BCUT2D eigenvalue weighted by atomic mass is 10.1. The monoisotopic (exact) mass is 407 g/mol. The standard InChI is InChI=1S/C17H22BrN5O2/c1-9(2)14-13(18)15(23-22-14)16(24)20-11-7-5-6-8-12(11)21-17(25)19-10(3)4/h5-10H,1-4H3,(H,20,24)(H,22,23)(H2,19,21,25). The summed E-state index contributed by atoms with van der Waals surface area (Å²) in [6.07, 6.45) is 0. The number of nitrogens with zero attached hydrogens (tertiary/aromatic N) is 1. The van der Waals surface area contributed by atoms with Crippen LogP contribution < -0.4 is 16.0 Å². The average molecular weight is 408 g/mol. The number of carbonyl (C=O) groups excluding carboxylic acids is 2. The van der Waals surface area contributed by atoms with Crippen molar-refractivity contribution in [1.29, 1.82) is 0 Å². The first-order valence-corrected chi connectivity index (χ1v) is 8.80. The van der Waals surface area contributed by atoms with Gasteiger partial charge in [-0.05, 0) is 47.8 Å². The number of halogens is 1. The van der Waals surface area contributed by atoms with Crippen molar-refractivity contribution in [1.82, 2.24) is 15.5 Å². The van der Waals surface area contributed by atoms with Crippen LogP contribution in [-0.4, -0.2) is 28.2 Å². The first-order valence-electron chi connectivity index (χ1n) is 8.01. The minimum Gasteiger partial charge on any atom is -0.336 e. The molecule has 3 amide bonds. The Labute approximate surface area is 155 Å². The summed E-state index contributed by atoms with van der Waals surface area (Å²) >= 11 is 3.42. The molecular weight excluding hydrogens is 386 g/mol. The van der Waals surface area contributed by atoms with Crippen LogP contribution in [0.25, 0.3) is 0 Å². The molecule has 0 radical (unpaired) electrons. The van der Waals surface area contributed by atoms with Crippen molar-refractivity contribution >= 4 is 39.2 Å². The van der Waals surface area contributed by atoms with E-state index in [2.05, 4.69) is 42.1 Å². The molecule has 0 saturated heterocycles. The maximum Gasteiger partial charge on any atom is 0.319 e. The van der Waals surface area contributed by atoms with Crippen molar-refractivity contribution in [2.45, 2.75) is 39.7 Å². The van der Waals surface area contributed by atoms with Crippen LogP contribution in [-0.2, 0) is 0 Å². The molecule has 25 heavy (non-hydrogen) atoms. The minimum atomic E-state index is -0.367. The van der Waals surface area contributed by atoms with Crippen LogP contribution in [0, 0.1) is 0 Å². The molecule has 8 heteroatoms. The maximum absolute atomic E-state index is 12.5. The van der Waals surface area contributed by atoms with Crippen molar-refractivity contribution < 1.29 is 9.59 Å². The Hall–Kier alpha value is -2.35. The molecule has 0 aliphatic rings. The van der Waals surface area contributed by atoms with Crippen molar-refractivity contribution in [3.8, 4) is 0 Å². The van der Waals surface area contributed by atoms with E-state index in [-0.39, 0.29) is 29.6 Å². The van der Waals surface area contributed by atoms with Gasteiger partial charge in [0.15, 0.2) is 5.69 Å². The molecule has 0 bridgehead atoms. The number of rotatable bonds is 5. The lowest BCUT2D eigenvalue weighted by Gasteiger charge is -2.14. The summed E-state index contributed by atoms with van der Waals surface area (Å²) in [6.45, 7) is 7.75. The predicted octanol–water partition coefficient (Wildman–Crippen LogP) is 4.08. The van der Waals surface area contributed by atoms with Crippen LogP contribution in [0.5, 0.6) is 0 Å². The van der Waals surface area contributed by atoms with Gasteiger partial charge in [0, 0.05) is 6.04 Å². The molecule has 1 heterocycles. The second-order valence-electron chi connectivity index (χ2n) is 6.21. The van der Waals surface area contributed by atoms with Crippen LogP contribution >= 0.6 is 15.9 Å². The Kier molecular flexibility index (Phi) is 6.19. The summed E-state index contributed by atoms with van der Waals surface area (Å²) in [7, 11) is 0. The highest BCUT2D eigenvalue weighted by molar-refractivity contribution is 9.10. The number of H-pyrrole nitrogens is 1. The third kappa shape index (κ3) is 4.82. The van der Waals surface area contributed by atoms with E-state index >= 15 is 0 Å². The molecule has 0 aliphatic carbocycles. The fourth-order valence-corrected chi connectivity index (χ4v) is 2.99. The molecule has 2 aromatic rings. The zero-order chi connectivity index (χ0) is 18.6. The lowest BCUT2D eigenvalue weighted by Crippen LogP contribution is -2.34. The molecule has 7 nitrogen and oxygen atoms in total. The smallest absolute Gasteiger partial charge is 0.319 e. The third-order valence-corrected chi connectivity index (χ3v) is 4.17. The van der Waals surface area contributed by atoms with E-state index in [1.165, 1.54) is 0 Å². The summed E-state index contributed by atoms with van der Waals surface area (Å²) in [5, 5.41) is 15.2. The van der Waals surface area contributed by atoms with Crippen LogP contribution in [0.15, 0.2) is 28.7 Å². The molecule has 2 rings (SSSR count). The van der Waals surface area contributed by atoms with Gasteiger partial charge in [0.1, 0.15) is 0 Å². The molecule has 0 saturated carbocycles. The number of aromatic nitrogens is 2. The van der Waals surface area contributed by atoms with Crippen molar-refractivity contribution in [2.75, 3.05) is 10.6 Å². The normalized spacial score (nSPS) is 10.8. The zero-order valence-electron chi connectivity index (χ0n) is 14.6. The van der Waals surface area contributed by atoms with Gasteiger partial charge in [0.2, 0.25) is 0 Å². The number of benzene rings is 1. The van der Waals surface area contributed by atoms with Gasteiger partial charge >= 0.3 is 6.03 Å². The van der Waals surface area contributed by atoms with Crippen LogP contribution in [0.2, 0.25) is 0 Å². The van der Waals surface area contributed by atoms with Gasteiger partial charge in [-0.25, -0.2) is 4.79 Å². The summed E-state index contributed by atoms with van der Waals surface area (Å²) in [6, 6.07) is 6.67. The van der Waals surface area contributed by atoms with Crippen LogP contribution in [0.4, 0.5) is 16.2 Å². The van der Waals surface area contributed by atoms with Crippen molar-refractivity contribution in [3.05, 3.63) is 40.1 Å².